The van der Waals surface area contributed by atoms with Crippen molar-refractivity contribution in [1.29, 1.82) is 0 Å². The number of benzene rings is 2. The summed E-state index contributed by atoms with van der Waals surface area (Å²) in [4.78, 5) is 13.1. The molecule has 118 valence electrons. The predicted octanol–water partition coefficient (Wildman–Crippen LogP) is 5.53. The van der Waals surface area contributed by atoms with E-state index in [-0.39, 0.29) is 5.95 Å². The minimum Gasteiger partial charge on any atom is -0.425 e. The number of furan rings is 1. The van der Waals surface area contributed by atoms with E-state index >= 15 is 0 Å². The van der Waals surface area contributed by atoms with Crippen molar-refractivity contribution in [3.05, 3.63) is 60.2 Å². The zero-order valence-corrected chi connectivity index (χ0v) is 14.3. The largest absolute Gasteiger partial charge is 0.428 e. The van der Waals surface area contributed by atoms with Crippen LogP contribution in [-0.2, 0) is 0 Å². The normalized spacial score (nSPS) is 10.7. The van der Waals surface area contributed by atoms with Crippen LogP contribution in [0.25, 0.3) is 11.0 Å². The lowest BCUT2D eigenvalue weighted by Crippen LogP contribution is -2.22. The van der Waals surface area contributed by atoms with Gasteiger partial charge in [-0.3, -0.25) is 0 Å². The molecule has 2 aromatic carbocycles. The van der Waals surface area contributed by atoms with E-state index in [9.17, 15) is 4.79 Å². The Morgan fingerprint density at radius 1 is 1.13 bits per heavy atom. The summed E-state index contributed by atoms with van der Waals surface area (Å²) in [6.07, 6.45) is -0.478. The number of hydrogen-bond acceptors (Lipinski definition) is 5. The first-order chi connectivity index (χ1) is 11.1. The highest BCUT2D eigenvalue weighted by Crippen LogP contribution is 2.34. The first kappa shape index (κ1) is 15.8. The van der Waals surface area contributed by atoms with Gasteiger partial charge in [0.25, 0.3) is 5.95 Å². The molecule has 0 fully saturated rings. The highest BCUT2D eigenvalue weighted by molar-refractivity contribution is 8.75. The van der Waals surface area contributed by atoms with Crippen LogP contribution in [0.1, 0.15) is 5.56 Å². The summed E-state index contributed by atoms with van der Waals surface area (Å²) in [5.74, 6) is 0.198. The van der Waals surface area contributed by atoms with Crippen molar-refractivity contribution >= 4 is 38.8 Å². The third-order valence-corrected chi connectivity index (χ3v) is 5.50. The zero-order valence-electron chi connectivity index (χ0n) is 12.7. The second kappa shape index (κ2) is 7.02. The summed E-state index contributed by atoms with van der Waals surface area (Å²) in [6.45, 7) is 2.04. The van der Waals surface area contributed by atoms with Crippen LogP contribution < -0.4 is 4.74 Å². The fourth-order valence-corrected chi connectivity index (χ4v) is 3.53. The molecule has 0 radical (unpaired) electrons. The van der Waals surface area contributed by atoms with Crippen LogP contribution in [0, 0.1) is 6.92 Å². The Bertz CT molecular complexity index is 781. The molecule has 0 atom stereocenters. The number of aryl methyl sites for hydroxylation is 1. The van der Waals surface area contributed by atoms with Gasteiger partial charge in [0.2, 0.25) is 0 Å². The standard InChI is InChI=1S/C17H15NO3S2/c1-12-7-9-14(10-8-12)22-23-18(2)17(19)21-16-11-13-5-3-4-6-15(13)20-16/h3-11H,1-2H3. The number of rotatable bonds is 4. The Balaban J connectivity index is 1.57. The number of hydrogen-bond donors (Lipinski definition) is 0. The van der Waals surface area contributed by atoms with Gasteiger partial charge in [-0.1, -0.05) is 35.9 Å². The predicted molar refractivity (Wildman–Crippen MR) is 94.6 cm³/mol. The van der Waals surface area contributed by atoms with Crippen LogP contribution in [0.15, 0.2) is 63.9 Å². The van der Waals surface area contributed by atoms with Gasteiger partial charge in [-0.05, 0) is 35.9 Å². The fourth-order valence-electron chi connectivity index (χ4n) is 1.88. The van der Waals surface area contributed by atoms with Crippen molar-refractivity contribution in [1.82, 2.24) is 4.31 Å². The van der Waals surface area contributed by atoms with E-state index in [0.717, 1.165) is 10.3 Å². The highest BCUT2D eigenvalue weighted by Gasteiger charge is 2.15. The Morgan fingerprint density at radius 3 is 2.61 bits per heavy atom. The molecule has 0 spiro atoms. The molecule has 1 amide bonds. The third kappa shape index (κ3) is 4.03. The number of ether oxygens (including phenoxy) is 1. The lowest BCUT2D eigenvalue weighted by atomic mass is 10.2. The Hall–Kier alpha value is -2.05. The number of carbonyl (C=O) groups excluding carboxylic acids is 1. The Kier molecular flexibility index (Phi) is 4.83. The van der Waals surface area contributed by atoms with Gasteiger partial charge in [-0.2, -0.15) is 0 Å². The molecule has 1 aromatic heterocycles. The third-order valence-electron chi connectivity index (χ3n) is 3.11. The van der Waals surface area contributed by atoms with Crippen LogP contribution in [-0.4, -0.2) is 17.4 Å². The average Bonchev–Trinajstić information content (AvgIpc) is 2.96. The van der Waals surface area contributed by atoms with Crippen molar-refractivity contribution < 1.29 is 13.9 Å². The number of fused-ring (bicyclic) bond motifs is 1. The van der Waals surface area contributed by atoms with E-state index < -0.39 is 6.09 Å². The maximum atomic E-state index is 12.1. The molecule has 0 saturated carbocycles. The van der Waals surface area contributed by atoms with Gasteiger partial charge in [0.05, 0.1) is 0 Å². The van der Waals surface area contributed by atoms with Gasteiger partial charge in [0, 0.05) is 34.4 Å². The molecule has 0 aliphatic heterocycles. The van der Waals surface area contributed by atoms with E-state index in [4.69, 9.17) is 9.15 Å². The van der Waals surface area contributed by atoms with Crippen molar-refractivity contribution in [2.24, 2.45) is 0 Å². The molecule has 0 aliphatic rings. The van der Waals surface area contributed by atoms with Crippen LogP contribution in [0.5, 0.6) is 5.95 Å². The van der Waals surface area contributed by atoms with E-state index in [1.807, 2.05) is 55.5 Å². The van der Waals surface area contributed by atoms with Crippen LogP contribution in [0.4, 0.5) is 4.79 Å². The molecule has 0 saturated heterocycles. The molecule has 23 heavy (non-hydrogen) atoms. The number of carbonyl (C=O) groups is 1. The van der Waals surface area contributed by atoms with Gasteiger partial charge in [-0.15, -0.1) is 0 Å². The topological polar surface area (TPSA) is 42.7 Å². The van der Waals surface area contributed by atoms with Crippen LogP contribution >= 0.6 is 21.8 Å². The molecule has 1 heterocycles. The van der Waals surface area contributed by atoms with Crippen molar-refractivity contribution in [2.75, 3.05) is 7.05 Å². The van der Waals surface area contributed by atoms with Crippen molar-refractivity contribution in [3.8, 4) is 5.95 Å². The van der Waals surface area contributed by atoms with Crippen LogP contribution in [0.2, 0.25) is 0 Å². The first-order valence-electron chi connectivity index (χ1n) is 6.97. The summed E-state index contributed by atoms with van der Waals surface area (Å²) in [6, 6.07) is 17.3. The van der Waals surface area contributed by atoms with E-state index in [0.29, 0.717) is 5.58 Å². The lowest BCUT2D eigenvalue weighted by molar-refractivity contribution is 0.176. The summed E-state index contributed by atoms with van der Waals surface area (Å²) in [7, 11) is 4.46. The van der Waals surface area contributed by atoms with Gasteiger partial charge in [0.15, 0.2) is 0 Å². The fraction of sp³-hybridized carbons (Fsp3) is 0.118. The monoisotopic (exact) mass is 345 g/mol. The minimum atomic E-state index is -0.478. The summed E-state index contributed by atoms with van der Waals surface area (Å²) >= 11 is 0. The average molecular weight is 345 g/mol. The maximum Gasteiger partial charge on any atom is 0.428 e. The highest BCUT2D eigenvalue weighted by atomic mass is 33.1. The molecular formula is C17H15NO3S2. The van der Waals surface area contributed by atoms with Crippen molar-refractivity contribution in [2.45, 2.75) is 11.8 Å². The van der Waals surface area contributed by atoms with Crippen LogP contribution in [0.3, 0.4) is 0 Å². The molecule has 0 aliphatic carbocycles. The SMILES string of the molecule is Cc1ccc(SSN(C)C(=O)Oc2cc3ccccc3o2)cc1. The molecular weight excluding hydrogens is 330 g/mol. The maximum absolute atomic E-state index is 12.1. The molecule has 3 aromatic rings. The molecule has 4 nitrogen and oxygen atoms in total. The van der Waals surface area contributed by atoms with Gasteiger partial charge < -0.3 is 9.15 Å². The zero-order chi connectivity index (χ0) is 16.2. The molecule has 0 unspecified atom stereocenters. The number of para-hydroxylation sites is 1. The van der Waals surface area contributed by atoms with E-state index in [2.05, 4.69) is 0 Å². The van der Waals surface area contributed by atoms with Gasteiger partial charge in [-0.25, -0.2) is 9.10 Å². The second-order valence-corrected chi connectivity index (χ2v) is 7.22. The Morgan fingerprint density at radius 2 is 1.87 bits per heavy atom. The Labute approximate surface area is 142 Å². The van der Waals surface area contributed by atoms with Crippen molar-refractivity contribution in [3.63, 3.8) is 0 Å². The number of amides is 1. The van der Waals surface area contributed by atoms with E-state index in [1.54, 1.807) is 13.1 Å². The molecule has 3 rings (SSSR count). The molecule has 6 heteroatoms. The van der Waals surface area contributed by atoms with Gasteiger partial charge >= 0.3 is 6.09 Å². The first-order valence-corrected chi connectivity index (χ1v) is 9.08. The minimum absolute atomic E-state index is 0.198. The lowest BCUT2D eigenvalue weighted by Gasteiger charge is -2.13. The summed E-state index contributed by atoms with van der Waals surface area (Å²) < 4.78 is 12.2. The number of nitrogens with zero attached hydrogens (tertiary/aromatic N) is 1. The second-order valence-electron chi connectivity index (χ2n) is 4.94. The molecule has 0 bridgehead atoms. The smallest absolute Gasteiger partial charge is 0.425 e. The van der Waals surface area contributed by atoms with E-state index in [1.165, 1.54) is 31.6 Å². The molecule has 0 N–H and O–H groups in total. The quantitative estimate of drug-likeness (QED) is 0.459. The summed E-state index contributed by atoms with van der Waals surface area (Å²) in [5, 5.41) is 0.902. The van der Waals surface area contributed by atoms with Gasteiger partial charge in [0.1, 0.15) is 5.58 Å². The summed E-state index contributed by atoms with van der Waals surface area (Å²) in [5.41, 5.74) is 1.90.